The Morgan fingerprint density at radius 1 is 0.872 bits per heavy atom. The number of esters is 1. The molecule has 2 N–H and O–H groups in total. The number of carbonyl (C=O) groups excluding carboxylic acids is 2. The Morgan fingerprint density at radius 2 is 1.55 bits per heavy atom. The normalized spacial score (nSPS) is 44.3. The molecule has 264 valence electrons. The number of carbonyl (C=O) groups is 3. The van der Waals surface area contributed by atoms with Gasteiger partial charge in [0.1, 0.15) is 6.10 Å². The highest BCUT2D eigenvalue weighted by atomic mass is 16.5. The maximum atomic E-state index is 14.6. The maximum absolute atomic E-state index is 14.6. The molecule has 7 nitrogen and oxygen atoms in total. The Balaban J connectivity index is 1.27. The number of ether oxygens (including phenoxy) is 1. The number of allylic oxidation sites excluding steroid dienone is 1. The van der Waals surface area contributed by atoms with Crippen LogP contribution < -0.4 is 5.32 Å². The maximum Gasteiger partial charge on any atom is 0.309 e. The molecule has 0 aromatic heterocycles. The molecular formula is C40H64N2O5. The van der Waals surface area contributed by atoms with E-state index in [0.29, 0.717) is 35.5 Å². The summed E-state index contributed by atoms with van der Waals surface area (Å²) >= 11 is 0. The van der Waals surface area contributed by atoms with E-state index in [-0.39, 0.29) is 39.6 Å². The largest absolute Gasteiger partial charge is 0.481 e. The lowest BCUT2D eigenvalue weighted by molar-refractivity contribution is -0.250. The lowest BCUT2D eigenvalue weighted by atomic mass is 9.32. The Morgan fingerprint density at radius 3 is 2.19 bits per heavy atom. The number of hydrogen-bond acceptors (Lipinski definition) is 5. The molecule has 6 fully saturated rings. The minimum atomic E-state index is -1.14. The molecule has 7 heteroatoms. The third kappa shape index (κ3) is 5.08. The molecule has 0 aromatic carbocycles. The van der Waals surface area contributed by atoms with Gasteiger partial charge in [-0.3, -0.25) is 14.4 Å². The lowest BCUT2D eigenvalue weighted by Crippen LogP contribution is -2.67. The van der Waals surface area contributed by atoms with Crippen molar-refractivity contribution in [3.05, 3.63) is 12.2 Å². The first-order valence-electron chi connectivity index (χ1n) is 18.9. The van der Waals surface area contributed by atoms with E-state index in [2.05, 4.69) is 58.3 Å². The molecule has 5 aliphatic carbocycles. The molecule has 6 aliphatic rings. The lowest BCUT2D eigenvalue weighted by Gasteiger charge is -2.73. The second kappa shape index (κ2) is 11.6. The van der Waals surface area contributed by atoms with Gasteiger partial charge >= 0.3 is 11.9 Å². The number of aliphatic carboxylic acids is 1. The van der Waals surface area contributed by atoms with Crippen molar-refractivity contribution in [2.45, 2.75) is 132 Å². The molecule has 0 aromatic rings. The van der Waals surface area contributed by atoms with Gasteiger partial charge in [0, 0.05) is 31.6 Å². The van der Waals surface area contributed by atoms with Crippen molar-refractivity contribution in [1.29, 1.82) is 0 Å². The molecule has 0 bridgehead atoms. The number of carboxylic acid groups (broad SMARTS) is 1. The van der Waals surface area contributed by atoms with Crippen molar-refractivity contribution in [2.24, 2.45) is 62.1 Å². The number of hydrogen-bond donors (Lipinski definition) is 2. The summed E-state index contributed by atoms with van der Waals surface area (Å²) in [6.07, 6.45) is 10.5. The molecule has 10 atom stereocenters. The van der Waals surface area contributed by atoms with Gasteiger partial charge in [-0.05, 0) is 131 Å². The summed E-state index contributed by atoms with van der Waals surface area (Å²) in [5.41, 5.74) is 0.188. The molecule has 0 unspecified atom stereocenters. The van der Waals surface area contributed by atoms with Gasteiger partial charge in [0.05, 0.1) is 17.3 Å². The van der Waals surface area contributed by atoms with Crippen LogP contribution in [0, 0.1) is 62.1 Å². The van der Waals surface area contributed by atoms with Crippen LogP contribution in [0.1, 0.15) is 126 Å². The van der Waals surface area contributed by atoms with Crippen LogP contribution in [0.25, 0.3) is 0 Å². The Bertz CT molecular complexity index is 1300. The smallest absolute Gasteiger partial charge is 0.309 e. The highest BCUT2D eigenvalue weighted by Gasteiger charge is 2.72. The summed E-state index contributed by atoms with van der Waals surface area (Å²) in [6, 6.07) is 0. The van der Waals surface area contributed by atoms with Crippen LogP contribution >= 0.6 is 0 Å². The van der Waals surface area contributed by atoms with Gasteiger partial charge in [0.15, 0.2) is 0 Å². The molecule has 0 radical (unpaired) electrons. The fourth-order valence-corrected chi connectivity index (χ4v) is 13.5. The average Bonchev–Trinajstić information content (AvgIpc) is 3.40. The molecular weight excluding hydrogens is 588 g/mol. The van der Waals surface area contributed by atoms with E-state index in [1.54, 1.807) is 13.8 Å². The first kappa shape index (κ1) is 35.0. The van der Waals surface area contributed by atoms with Crippen molar-refractivity contribution >= 4 is 17.8 Å². The second-order valence-electron chi connectivity index (χ2n) is 19.1. The minimum Gasteiger partial charge on any atom is -0.481 e. The first-order chi connectivity index (χ1) is 21.8. The molecule has 1 aliphatic heterocycles. The zero-order valence-electron chi connectivity index (χ0n) is 30.8. The van der Waals surface area contributed by atoms with E-state index >= 15 is 0 Å². The van der Waals surface area contributed by atoms with E-state index in [9.17, 15) is 19.5 Å². The van der Waals surface area contributed by atoms with E-state index in [4.69, 9.17) is 4.74 Å². The quantitative estimate of drug-likeness (QED) is 0.228. The van der Waals surface area contributed by atoms with Crippen molar-refractivity contribution < 1.29 is 24.2 Å². The fraction of sp³-hybridized carbons (Fsp3) is 0.875. The zero-order valence-corrected chi connectivity index (χ0v) is 30.8. The molecule has 1 saturated heterocycles. The Hall–Kier alpha value is -1.89. The summed E-state index contributed by atoms with van der Waals surface area (Å²) < 4.78 is 6.17. The molecule has 5 saturated carbocycles. The number of rotatable bonds is 6. The molecule has 47 heavy (non-hydrogen) atoms. The van der Waals surface area contributed by atoms with Gasteiger partial charge in [-0.25, -0.2) is 0 Å². The van der Waals surface area contributed by atoms with E-state index in [1.807, 2.05) is 0 Å². The van der Waals surface area contributed by atoms with E-state index in [0.717, 1.165) is 71.1 Å². The number of nitrogens with one attached hydrogen (secondary N) is 1. The summed E-state index contributed by atoms with van der Waals surface area (Å²) in [4.78, 5) is 41.5. The topological polar surface area (TPSA) is 95.9 Å². The van der Waals surface area contributed by atoms with Crippen LogP contribution in [0.2, 0.25) is 0 Å². The van der Waals surface area contributed by atoms with Crippen molar-refractivity contribution in [3.63, 3.8) is 0 Å². The summed E-state index contributed by atoms with van der Waals surface area (Å²) in [6.45, 7) is 25.8. The highest BCUT2D eigenvalue weighted by Crippen LogP contribution is 2.77. The van der Waals surface area contributed by atoms with Crippen LogP contribution in [0.15, 0.2) is 12.2 Å². The van der Waals surface area contributed by atoms with Crippen LogP contribution in [-0.4, -0.2) is 60.1 Å². The fourth-order valence-electron chi connectivity index (χ4n) is 13.5. The second-order valence-corrected chi connectivity index (χ2v) is 19.1. The van der Waals surface area contributed by atoms with Crippen LogP contribution in [0.5, 0.6) is 0 Å². The highest BCUT2D eigenvalue weighted by molar-refractivity contribution is 5.84. The first-order valence-corrected chi connectivity index (χ1v) is 18.9. The van der Waals surface area contributed by atoms with Gasteiger partial charge in [-0.2, -0.15) is 0 Å². The number of amides is 1. The van der Waals surface area contributed by atoms with Crippen molar-refractivity contribution in [2.75, 3.05) is 26.2 Å². The van der Waals surface area contributed by atoms with E-state index < -0.39 is 17.4 Å². The third-order valence-electron chi connectivity index (χ3n) is 16.3. The summed E-state index contributed by atoms with van der Waals surface area (Å²) in [7, 11) is 0. The van der Waals surface area contributed by atoms with Gasteiger partial charge in [-0.15, -0.1) is 0 Å². The van der Waals surface area contributed by atoms with Crippen LogP contribution in [-0.2, 0) is 19.1 Å². The zero-order chi connectivity index (χ0) is 34.4. The monoisotopic (exact) mass is 652 g/mol. The SMILES string of the molecule is C=C(C)[C@@H]1CC[C@]2(C(=O)N3CCNCC3)CC[C@]3(C)[C@H](CC[C@@H]4[C@@]5(C)CC[C@H](OC(=O)CC(C)(C)C(=O)O)C(C)(C)[C@@H]5CC[C@]43C)[C@@H]12. The molecule has 1 heterocycles. The van der Waals surface area contributed by atoms with Crippen LogP contribution in [0.3, 0.4) is 0 Å². The Kier molecular flexibility index (Phi) is 8.62. The minimum absolute atomic E-state index is 0.109. The number of piperazine rings is 1. The van der Waals surface area contributed by atoms with Gasteiger partial charge in [-0.1, -0.05) is 46.8 Å². The van der Waals surface area contributed by atoms with Crippen LogP contribution in [0.4, 0.5) is 0 Å². The summed E-state index contributed by atoms with van der Waals surface area (Å²) in [5.74, 6) is 1.42. The average molecular weight is 653 g/mol. The molecule has 6 rings (SSSR count). The van der Waals surface area contributed by atoms with Crippen molar-refractivity contribution in [1.82, 2.24) is 10.2 Å². The van der Waals surface area contributed by atoms with Gasteiger partial charge in [0.25, 0.3) is 0 Å². The number of fused-ring (bicyclic) bond motifs is 7. The summed E-state index contributed by atoms with van der Waals surface area (Å²) in [5, 5.41) is 13.0. The number of nitrogens with zero attached hydrogens (tertiary/aromatic N) is 1. The van der Waals surface area contributed by atoms with Gasteiger partial charge < -0.3 is 20.1 Å². The molecule has 1 amide bonds. The van der Waals surface area contributed by atoms with Gasteiger partial charge in [0.2, 0.25) is 5.91 Å². The predicted molar refractivity (Wildman–Crippen MR) is 184 cm³/mol. The predicted octanol–water partition coefficient (Wildman–Crippen LogP) is 7.49. The van der Waals surface area contributed by atoms with Crippen molar-refractivity contribution in [3.8, 4) is 0 Å². The third-order valence-corrected chi connectivity index (χ3v) is 16.3. The molecule has 0 spiro atoms. The van der Waals surface area contributed by atoms with E-state index in [1.165, 1.54) is 24.8 Å². The standard InChI is InChI=1S/C40H64N2O5/c1-25(2)26-12-17-40(33(44)42-22-20-41-21-23-42)19-18-38(8)27(32(26)40)10-11-29-37(7)15-14-30(47-31(43)24-35(3,4)34(45)46)36(5,6)28(37)13-16-39(29,38)9/h26-30,32,41H,1,10-24H2,2-9H3,(H,45,46)/t26-,27+,28-,29+,30-,32+,37-,38+,39+,40-/m0/s1. The number of carboxylic acids is 1. The Labute approximate surface area is 284 Å².